The van der Waals surface area contributed by atoms with Gasteiger partial charge in [-0.1, -0.05) is 13.8 Å². The second-order valence-electron chi connectivity index (χ2n) is 10.9. The van der Waals surface area contributed by atoms with E-state index >= 15 is 0 Å². The van der Waals surface area contributed by atoms with Gasteiger partial charge in [-0.3, -0.25) is 9.89 Å². The van der Waals surface area contributed by atoms with Crippen LogP contribution in [0, 0.1) is 11.2 Å². The van der Waals surface area contributed by atoms with Crippen LogP contribution in [0.15, 0.2) is 36.5 Å². The number of carboxylic acid groups (broad SMARTS) is 1. The Morgan fingerprint density at radius 3 is 2.75 bits per heavy atom. The van der Waals surface area contributed by atoms with Crippen LogP contribution in [-0.4, -0.2) is 46.7 Å². The lowest BCUT2D eigenvalue weighted by Gasteiger charge is -2.30. The van der Waals surface area contributed by atoms with Crippen LogP contribution in [0.25, 0.3) is 27.5 Å². The van der Waals surface area contributed by atoms with Gasteiger partial charge in [0, 0.05) is 40.7 Å². The fourth-order valence-corrected chi connectivity index (χ4v) is 6.00. The molecule has 190 valence electrons. The summed E-state index contributed by atoms with van der Waals surface area (Å²) in [5.41, 5.74) is 3.58. The molecule has 0 radical (unpaired) electrons. The first-order valence-corrected chi connectivity index (χ1v) is 12.2. The average molecular weight is 494 g/mol. The van der Waals surface area contributed by atoms with E-state index in [-0.39, 0.29) is 11.7 Å². The number of carbonyl (C=O) groups is 1. The third-order valence-electron chi connectivity index (χ3n) is 7.77. The van der Waals surface area contributed by atoms with Gasteiger partial charge in [-0.2, -0.15) is 5.10 Å². The predicted molar refractivity (Wildman–Crippen MR) is 137 cm³/mol. The van der Waals surface area contributed by atoms with Crippen molar-refractivity contribution < 1.29 is 23.8 Å². The van der Waals surface area contributed by atoms with Crippen LogP contribution in [-0.2, 0) is 14.9 Å². The van der Waals surface area contributed by atoms with Crippen LogP contribution >= 0.6 is 0 Å². The first-order valence-electron chi connectivity index (χ1n) is 12.2. The number of rotatable bonds is 7. The molecule has 0 saturated heterocycles. The Morgan fingerprint density at radius 1 is 1.31 bits per heavy atom. The quantitative estimate of drug-likeness (QED) is 0.333. The minimum absolute atomic E-state index is 0.0451. The molecule has 2 heterocycles. The minimum Gasteiger partial charge on any atom is -0.494 e. The fourth-order valence-electron chi connectivity index (χ4n) is 6.00. The Balaban J connectivity index is 1.88. The van der Waals surface area contributed by atoms with Crippen LogP contribution in [0.3, 0.4) is 0 Å². The molecule has 0 amide bonds. The molecule has 4 aromatic rings. The second-order valence-corrected chi connectivity index (χ2v) is 10.9. The Bertz CT molecular complexity index is 1470. The maximum absolute atomic E-state index is 14.4. The van der Waals surface area contributed by atoms with Crippen molar-refractivity contribution in [2.24, 2.45) is 5.41 Å². The molecule has 2 N–H and O–H groups in total. The molecule has 0 bridgehead atoms. The van der Waals surface area contributed by atoms with Crippen molar-refractivity contribution >= 4 is 27.8 Å². The molecule has 2 atom stereocenters. The van der Waals surface area contributed by atoms with E-state index in [1.165, 1.54) is 13.2 Å². The van der Waals surface area contributed by atoms with Gasteiger partial charge in [0.25, 0.3) is 0 Å². The van der Waals surface area contributed by atoms with Crippen molar-refractivity contribution in [3.8, 4) is 11.4 Å². The SMILES string of the molecule is COCC(C)(C)c1c(C2CC[C@@](C)(C(=O)O)C2)c2cc3[nH]ncc3cc2n1-c1ccc(F)c(OC)c1. The third kappa shape index (κ3) is 3.75. The highest BCUT2D eigenvalue weighted by molar-refractivity contribution is 5.99. The lowest BCUT2D eigenvalue weighted by molar-refractivity contribution is -0.147. The molecule has 1 aliphatic rings. The number of H-pyrrole nitrogens is 1. The summed E-state index contributed by atoms with van der Waals surface area (Å²) in [7, 11) is 3.14. The molecule has 2 aromatic carbocycles. The number of nitrogens with zero attached hydrogens (tertiary/aromatic N) is 2. The molecule has 2 aromatic heterocycles. The highest BCUT2D eigenvalue weighted by atomic mass is 19.1. The van der Waals surface area contributed by atoms with E-state index in [2.05, 4.69) is 40.7 Å². The van der Waals surface area contributed by atoms with E-state index < -0.39 is 22.6 Å². The number of aromatic amines is 1. The van der Waals surface area contributed by atoms with E-state index in [9.17, 15) is 14.3 Å². The maximum Gasteiger partial charge on any atom is 0.309 e. The van der Waals surface area contributed by atoms with Crippen LogP contribution in [0.5, 0.6) is 5.75 Å². The molecule has 36 heavy (non-hydrogen) atoms. The van der Waals surface area contributed by atoms with E-state index in [4.69, 9.17) is 9.47 Å². The Kier molecular flexibility index (Phi) is 5.82. The number of hydrogen-bond donors (Lipinski definition) is 2. The van der Waals surface area contributed by atoms with Crippen molar-refractivity contribution in [1.82, 2.24) is 14.8 Å². The van der Waals surface area contributed by atoms with Gasteiger partial charge in [0.2, 0.25) is 0 Å². The van der Waals surface area contributed by atoms with Gasteiger partial charge in [0.15, 0.2) is 11.6 Å². The summed E-state index contributed by atoms with van der Waals surface area (Å²) in [4.78, 5) is 12.1. The van der Waals surface area contributed by atoms with E-state index in [1.807, 2.05) is 6.92 Å². The smallest absolute Gasteiger partial charge is 0.309 e. The summed E-state index contributed by atoms with van der Waals surface area (Å²) in [6.45, 7) is 6.55. The van der Waals surface area contributed by atoms with Gasteiger partial charge in [0.05, 0.1) is 36.4 Å². The number of halogens is 1. The van der Waals surface area contributed by atoms with Gasteiger partial charge in [-0.05, 0) is 61.9 Å². The Morgan fingerprint density at radius 2 is 2.08 bits per heavy atom. The van der Waals surface area contributed by atoms with Crippen LogP contribution in [0.2, 0.25) is 0 Å². The highest BCUT2D eigenvalue weighted by Gasteiger charge is 2.45. The monoisotopic (exact) mass is 493 g/mol. The molecule has 7 nitrogen and oxygen atoms in total. The Hall–Kier alpha value is -3.39. The standard InChI is InChI=1S/C28H32FN3O4/c1-27(2,15-35-4)25-24(16-8-9-28(3,13-16)26(33)34)19-12-21-17(14-30-31-21)10-22(19)32(25)18-6-7-20(29)23(11-18)36-5/h6-7,10-12,14,16H,8-9,13,15H2,1-5H3,(H,30,31)(H,33,34)/t16?,28-/m1/s1. The fraction of sp³-hybridized carbons (Fsp3) is 0.429. The molecule has 5 rings (SSSR count). The second kappa shape index (κ2) is 8.62. The largest absolute Gasteiger partial charge is 0.494 e. The first-order chi connectivity index (χ1) is 17.1. The number of hydrogen-bond acceptors (Lipinski definition) is 4. The number of fused-ring (bicyclic) bond motifs is 2. The zero-order chi connectivity index (χ0) is 25.8. The molecular weight excluding hydrogens is 461 g/mol. The van der Waals surface area contributed by atoms with Crippen molar-refractivity contribution in [2.75, 3.05) is 20.8 Å². The summed E-state index contributed by atoms with van der Waals surface area (Å²) in [6, 6.07) is 9.07. The van der Waals surface area contributed by atoms with Crippen molar-refractivity contribution in [1.29, 1.82) is 0 Å². The van der Waals surface area contributed by atoms with Crippen molar-refractivity contribution in [3.63, 3.8) is 0 Å². The number of ether oxygens (including phenoxy) is 2. The van der Waals surface area contributed by atoms with Gasteiger partial charge in [-0.25, -0.2) is 4.39 Å². The molecule has 1 aliphatic carbocycles. The number of aliphatic carboxylic acids is 1. The zero-order valence-corrected chi connectivity index (χ0v) is 21.3. The summed E-state index contributed by atoms with van der Waals surface area (Å²) in [6.07, 6.45) is 3.71. The number of aromatic nitrogens is 3. The molecule has 8 heteroatoms. The van der Waals surface area contributed by atoms with E-state index in [0.717, 1.165) is 45.2 Å². The number of nitrogens with one attached hydrogen (secondary N) is 1. The van der Waals surface area contributed by atoms with Crippen LogP contribution in [0.1, 0.15) is 57.2 Å². The van der Waals surface area contributed by atoms with Gasteiger partial charge < -0.3 is 19.1 Å². The summed E-state index contributed by atoms with van der Waals surface area (Å²) in [5, 5.41) is 19.2. The van der Waals surface area contributed by atoms with Crippen molar-refractivity contribution in [3.05, 3.63) is 53.6 Å². The summed E-state index contributed by atoms with van der Waals surface area (Å²) >= 11 is 0. The molecule has 1 unspecified atom stereocenters. The normalized spacial score (nSPS) is 20.4. The van der Waals surface area contributed by atoms with Gasteiger partial charge in [-0.15, -0.1) is 0 Å². The molecule has 1 fully saturated rings. The highest BCUT2D eigenvalue weighted by Crippen LogP contribution is 2.52. The number of methoxy groups -OCH3 is 2. The summed E-state index contributed by atoms with van der Waals surface area (Å²) < 4.78 is 27.6. The minimum atomic E-state index is -0.779. The topological polar surface area (TPSA) is 89.4 Å². The molecule has 0 aliphatic heterocycles. The van der Waals surface area contributed by atoms with E-state index in [1.54, 1.807) is 25.4 Å². The van der Waals surface area contributed by atoms with E-state index in [0.29, 0.717) is 19.4 Å². The zero-order valence-electron chi connectivity index (χ0n) is 21.3. The van der Waals surface area contributed by atoms with Crippen LogP contribution < -0.4 is 4.74 Å². The lowest BCUT2D eigenvalue weighted by Crippen LogP contribution is -2.29. The molecule has 0 spiro atoms. The Labute approximate surface area is 209 Å². The predicted octanol–water partition coefficient (Wildman–Crippen LogP) is 5.94. The number of benzene rings is 2. The third-order valence-corrected chi connectivity index (χ3v) is 7.77. The summed E-state index contributed by atoms with van der Waals surface area (Å²) in [5.74, 6) is -0.981. The molecular formula is C28H32FN3O4. The van der Waals surface area contributed by atoms with Crippen molar-refractivity contribution in [2.45, 2.75) is 51.4 Å². The van der Waals surface area contributed by atoms with Crippen LogP contribution in [0.4, 0.5) is 4.39 Å². The molecule has 1 saturated carbocycles. The maximum atomic E-state index is 14.4. The average Bonchev–Trinajstić information content (AvgIpc) is 3.53. The first kappa shape index (κ1) is 24.3. The van der Waals surface area contributed by atoms with Gasteiger partial charge in [0.1, 0.15) is 0 Å². The number of carboxylic acids is 1. The lowest BCUT2D eigenvalue weighted by atomic mass is 9.80. The van der Waals surface area contributed by atoms with Gasteiger partial charge >= 0.3 is 5.97 Å².